The Morgan fingerprint density at radius 2 is 2.17 bits per heavy atom. The van der Waals surface area contributed by atoms with Crippen molar-refractivity contribution in [3.63, 3.8) is 0 Å². The van der Waals surface area contributed by atoms with Crippen LogP contribution in [0.3, 0.4) is 0 Å². The molecule has 0 N–H and O–H groups in total. The molecule has 1 aromatic heterocycles. The molecule has 0 radical (unpaired) electrons. The van der Waals surface area contributed by atoms with Gasteiger partial charge in [-0.2, -0.15) is 0 Å². The Kier molecular flexibility index (Phi) is 1.81. The zero-order chi connectivity index (χ0) is 8.55. The molecule has 12 heavy (non-hydrogen) atoms. The molecule has 0 aliphatic carbocycles. The molecule has 60 valence electrons. The lowest BCUT2D eigenvalue weighted by Crippen LogP contribution is -1.85. The van der Waals surface area contributed by atoms with Crippen LogP contribution in [0.4, 0.5) is 0 Å². The fraction of sp³-hybridized carbons (Fsp3) is 0.111. The van der Waals surface area contributed by atoms with E-state index >= 15 is 0 Å². The van der Waals surface area contributed by atoms with E-state index in [4.69, 9.17) is 0 Å². The second-order valence-corrected chi connectivity index (χ2v) is 3.49. The van der Waals surface area contributed by atoms with Crippen LogP contribution in [-0.2, 0) is 0 Å². The smallest absolute Gasteiger partial charge is 0.116 e. The normalized spacial score (nSPS) is 10.5. The molecule has 1 heterocycles. The van der Waals surface area contributed by atoms with Crippen LogP contribution in [0.2, 0.25) is 0 Å². The average Bonchev–Trinajstić information content (AvgIpc) is 2.12. The molecule has 0 spiro atoms. The Balaban J connectivity index is 2.91. The number of nitrogens with zero attached hydrogens (tertiary/aromatic N) is 2. The molecule has 0 fully saturated rings. The van der Waals surface area contributed by atoms with Gasteiger partial charge in [-0.1, -0.05) is 22.0 Å². The highest BCUT2D eigenvalue weighted by atomic mass is 79.9. The van der Waals surface area contributed by atoms with Gasteiger partial charge in [0.25, 0.3) is 0 Å². The van der Waals surface area contributed by atoms with Crippen LogP contribution in [0.15, 0.2) is 29.1 Å². The molecule has 0 aliphatic heterocycles. The Morgan fingerprint density at radius 1 is 1.33 bits per heavy atom. The van der Waals surface area contributed by atoms with E-state index in [1.54, 1.807) is 6.33 Å². The molecule has 0 saturated carbocycles. The maximum absolute atomic E-state index is 4.20. The van der Waals surface area contributed by atoms with Crippen molar-refractivity contribution in [1.29, 1.82) is 0 Å². The highest BCUT2D eigenvalue weighted by molar-refractivity contribution is 9.10. The van der Waals surface area contributed by atoms with Gasteiger partial charge < -0.3 is 0 Å². The maximum atomic E-state index is 4.20. The lowest BCUT2D eigenvalue weighted by atomic mass is 10.1. The van der Waals surface area contributed by atoms with Crippen LogP contribution in [0.25, 0.3) is 10.9 Å². The summed E-state index contributed by atoms with van der Waals surface area (Å²) in [5, 5.41) is 1.08. The lowest BCUT2D eigenvalue weighted by molar-refractivity contribution is 1.21. The van der Waals surface area contributed by atoms with Crippen molar-refractivity contribution in [2.75, 3.05) is 0 Å². The van der Waals surface area contributed by atoms with Crippen molar-refractivity contribution in [2.45, 2.75) is 6.92 Å². The van der Waals surface area contributed by atoms with Crippen molar-refractivity contribution >= 4 is 26.8 Å². The second-order valence-electron chi connectivity index (χ2n) is 2.63. The molecule has 0 amide bonds. The van der Waals surface area contributed by atoms with Gasteiger partial charge in [-0.3, -0.25) is 0 Å². The van der Waals surface area contributed by atoms with Crippen LogP contribution >= 0.6 is 15.9 Å². The minimum Gasteiger partial charge on any atom is -0.244 e. The SMILES string of the molecule is Cc1c(Br)ccc2cncnc12. The topological polar surface area (TPSA) is 25.8 Å². The number of aromatic nitrogens is 2. The third-order valence-corrected chi connectivity index (χ3v) is 2.72. The monoisotopic (exact) mass is 222 g/mol. The largest absolute Gasteiger partial charge is 0.244 e. The van der Waals surface area contributed by atoms with Crippen LogP contribution in [-0.4, -0.2) is 9.97 Å². The molecule has 0 atom stereocenters. The molecular formula is C9H7BrN2. The quantitative estimate of drug-likeness (QED) is 0.686. The van der Waals surface area contributed by atoms with Crippen molar-refractivity contribution in [2.24, 2.45) is 0 Å². The fourth-order valence-corrected chi connectivity index (χ4v) is 1.50. The van der Waals surface area contributed by atoms with Gasteiger partial charge in [0.15, 0.2) is 0 Å². The summed E-state index contributed by atoms with van der Waals surface area (Å²) in [4.78, 5) is 8.16. The van der Waals surface area contributed by atoms with E-state index < -0.39 is 0 Å². The van der Waals surface area contributed by atoms with E-state index in [0.29, 0.717) is 0 Å². The van der Waals surface area contributed by atoms with E-state index in [2.05, 4.69) is 25.9 Å². The molecule has 2 nitrogen and oxygen atoms in total. The van der Waals surface area contributed by atoms with Crippen molar-refractivity contribution < 1.29 is 0 Å². The predicted molar refractivity (Wildman–Crippen MR) is 52.0 cm³/mol. The summed E-state index contributed by atoms with van der Waals surface area (Å²) in [6.45, 7) is 2.04. The van der Waals surface area contributed by atoms with Crippen molar-refractivity contribution in [3.8, 4) is 0 Å². The molecule has 0 saturated heterocycles. The number of fused-ring (bicyclic) bond motifs is 1. The van der Waals surface area contributed by atoms with E-state index in [1.807, 2.05) is 25.3 Å². The molecule has 0 aliphatic rings. The number of benzene rings is 1. The Labute approximate surface area is 78.8 Å². The number of aryl methyl sites for hydroxylation is 1. The maximum Gasteiger partial charge on any atom is 0.116 e. The highest BCUT2D eigenvalue weighted by Gasteiger charge is 2.00. The zero-order valence-electron chi connectivity index (χ0n) is 6.58. The van der Waals surface area contributed by atoms with Crippen molar-refractivity contribution in [1.82, 2.24) is 9.97 Å². The molecule has 2 rings (SSSR count). The Morgan fingerprint density at radius 3 is 3.00 bits per heavy atom. The summed E-state index contributed by atoms with van der Waals surface area (Å²) in [7, 11) is 0. The molecule has 1 aromatic carbocycles. The van der Waals surface area contributed by atoms with Gasteiger partial charge in [-0.05, 0) is 18.6 Å². The van der Waals surface area contributed by atoms with Gasteiger partial charge in [0, 0.05) is 16.1 Å². The molecule has 3 heteroatoms. The number of hydrogen-bond acceptors (Lipinski definition) is 2. The third kappa shape index (κ3) is 1.10. The number of rotatable bonds is 0. The number of halogens is 1. The Hall–Kier alpha value is -0.960. The standard InChI is InChI=1S/C9H7BrN2/c1-6-8(10)3-2-7-4-11-5-12-9(6)7/h2-5H,1H3. The van der Waals surface area contributed by atoms with Gasteiger partial charge in [-0.25, -0.2) is 9.97 Å². The first kappa shape index (κ1) is 7.68. The summed E-state index contributed by atoms with van der Waals surface area (Å²) >= 11 is 3.46. The zero-order valence-corrected chi connectivity index (χ0v) is 8.17. The highest BCUT2D eigenvalue weighted by Crippen LogP contribution is 2.22. The van der Waals surface area contributed by atoms with E-state index in [9.17, 15) is 0 Å². The number of hydrogen-bond donors (Lipinski definition) is 0. The fourth-order valence-electron chi connectivity index (χ4n) is 1.18. The summed E-state index contributed by atoms with van der Waals surface area (Å²) in [6, 6.07) is 4.02. The summed E-state index contributed by atoms with van der Waals surface area (Å²) in [5.41, 5.74) is 2.18. The summed E-state index contributed by atoms with van der Waals surface area (Å²) in [6.07, 6.45) is 3.39. The predicted octanol–water partition coefficient (Wildman–Crippen LogP) is 2.70. The first-order valence-corrected chi connectivity index (χ1v) is 4.43. The first-order chi connectivity index (χ1) is 5.79. The Bertz CT molecular complexity index is 426. The molecule has 0 bridgehead atoms. The summed E-state index contributed by atoms with van der Waals surface area (Å²) in [5.74, 6) is 0. The lowest BCUT2D eigenvalue weighted by Gasteiger charge is -2.01. The third-order valence-electron chi connectivity index (χ3n) is 1.86. The van der Waals surface area contributed by atoms with Crippen LogP contribution < -0.4 is 0 Å². The summed E-state index contributed by atoms with van der Waals surface area (Å²) < 4.78 is 1.09. The molecule has 0 unspecified atom stereocenters. The van der Waals surface area contributed by atoms with Crippen LogP contribution in [0.5, 0.6) is 0 Å². The van der Waals surface area contributed by atoms with Gasteiger partial charge in [0.1, 0.15) is 6.33 Å². The van der Waals surface area contributed by atoms with E-state index in [0.717, 1.165) is 20.9 Å². The van der Waals surface area contributed by atoms with Crippen LogP contribution in [0.1, 0.15) is 5.56 Å². The van der Waals surface area contributed by atoms with Crippen molar-refractivity contribution in [3.05, 3.63) is 34.7 Å². The molecular weight excluding hydrogens is 216 g/mol. The van der Waals surface area contributed by atoms with E-state index in [-0.39, 0.29) is 0 Å². The first-order valence-electron chi connectivity index (χ1n) is 3.64. The van der Waals surface area contributed by atoms with E-state index in [1.165, 1.54) is 0 Å². The van der Waals surface area contributed by atoms with Gasteiger partial charge >= 0.3 is 0 Å². The van der Waals surface area contributed by atoms with Gasteiger partial charge in [0.05, 0.1) is 5.52 Å². The molecule has 2 aromatic rings. The van der Waals surface area contributed by atoms with Gasteiger partial charge in [0.2, 0.25) is 0 Å². The minimum absolute atomic E-state index is 1.01. The van der Waals surface area contributed by atoms with Crippen LogP contribution in [0, 0.1) is 6.92 Å². The average molecular weight is 223 g/mol. The minimum atomic E-state index is 1.01. The second kappa shape index (κ2) is 2.83. The van der Waals surface area contributed by atoms with Gasteiger partial charge in [-0.15, -0.1) is 0 Å².